The molecule has 0 bridgehead atoms. The number of anilines is 3. The van der Waals surface area contributed by atoms with Gasteiger partial charge in [-0.2, -0.15) is 0 Å². The average molecular weight is 816 g/mol. The number of hydrogen-bond donors (Lipinski definition) is 0. The van der Waals surface area contributed by atoms with E-state index in [-0.39, 0.29) is 0 Å². The van der Waals surface area contributed by atoms with Crippen LogP contribution >= 0.6 is 0 Å². The molecule has 0 radical (unpaired) electrons. The lowest BCUT2D eigenvalue weighted by atomic mass is 9.64. The predicted octanol–water partition coefficient (Wildman–Crippen LogP) is 15.8. The number of benzene rings is 10. The summed E-state index contributed by atoms with van der Waals surface area (Å²) in [5, 5.41) is 2.24. The summed E-state index contributed by atoms with van der Waals surface area (Å²) in [5.74, 6) is 0. The standard InChI is InChI=1S/C62H41NO/c1-5-19-42(20-6-1)61(43-21-7-2-8-22-43)57-39-45(62(44-23-9-3-10-24-44)55-30-16-13-27-49(55)50-28-14-17-31-56(50)62)33-36-51(57)52-37-34-47(40-58(52)61)63(46-25-11-4-12-26-46)48-35-38-54-53-29-15-18-32-59(53)64-60(54)41-48/h1-41H. The van der Waals surface area contributed by atoms with Gasteiger partial charge in [0.15, 0.2) is 0 Å². The molecule has 2 heteroatoms. The SMILES string of the molecule is c1ccc(N(c2ccc3c(c2)C(c2ccccc2)(c2ccccc2)c2cc(C4(c5ccccc5)c5ccccc5-c5ccccc54)ccc2-3)c2ccc3c(c2)oc2ccccc23)cc1. The Balaban J connectivity index is 1.09. The van der Waals surface area contributed by atoms with Gasteiger partial charge in [0.1, 0.15) is 11.2 Å². The molecule has 2 aliphatic carbocycles. The minimum Gasteiger partial charge on any atom is -0.456 e. The largest absolute Gasteiger partial charge is 0.456 e. The molecule has 2 nitrogen and oxygen atoms in total. The molecular formula is C62H41NO. The zero-order chi connectivity index (χ0) is 42.2. The maximum atomic E-state index is 6.49. The van der Waals surface area contributed by atoms with Crippen molar-refractivity contribution >= 4 is 39.0 Å². The first-order chi connectivity index (χ1) is 31.7. The van der Waals surface area contributed by atoms with Crippen molar-refractivity contribution < 1.29 is 4.42 Å². The quantitative estimate of drug-likeness (QED) is 0.159. The van der Waals surface area contributed by atoms with Gasteiger partial charge in [-0.15, -0.1) is 0 Å². The van der Waals surface area contributed by atoms with Crippen molar-refractivity contribution in [3.8, 4) is 22.3 Å². The smallest absolute Gasteiger partial charge is 0.137 e. The van der Waals surface area contributed by atoms with Gasteiger partial charge in [-0.05, 0) is 109 Å². The lowest BCUT2D eigenvalue weighted by molar-refractivity contribution is 0.669. The van der Waals surface area contributed by atoms with E-state index in [4.69, 9.17) is 4.42 Å². The Kier molecular flexibility index (Phi) is 8.07. The molecule has 11 aromatic rings. The molecule has 0 N–H and O–H groups in total. The predicted molar refractivity (Wildman–Crippen MR) is 263 cm³/mol. The zero-order valence-electron chi connectivity index (χ0n) is 35.0. The summed E-state index contributed by atoms with van der Waals surface area (Å²) < 4.78 is 6.49. The first-order valence-corrected chi connectivity index (χ1v) is 22.2. The molecule has 10 aromatic carbocycles. The lowest BCUT2D eigenvalue weighted by Crippen LogP contribution is -2.31. The summed E-state index contributed by atoms with van der Waals surface area (Å²) in [5.41, 5.74) is 18.9. The van der Waals surface area contributed by atoms with E-state index in [1.54, 1.807) is 0 Å². The molecular weight excluding hydrogens is 775 g/mol. The van der Waals surface area contributed by atoms with Crippen molar-refractivity contribution in [1.29, 1.82) is 0 Å². The molecule has 2 aliphatic rings. The van der Waals surface area contributed by atoms with Gasteiger partial charge in [0.2, 0.25) is 0 Å². The van der Waals surface area contributed by atoms with Crippen LogP contribution in [-0.2, 0) is 10.8 Å². The highest BCUT2D eigenvalue weighted by Gasteiger charge is 2.50. The van der Waals surface area contributed by atoms with Crippen molar-refractivity contribution in [3.63, 3.8) is 0 Å². The minimum absolute atomic E-state index is 0.540. The Morgan fingerprint density at radius 1 is 0.266 bits per heavy atom. The van der Waals surface area contributed by atoms with Crippen LogP contribution in [0.1, 0.15) is 44.5 Å². The summed E-state index contributed by atoms with van der Waals surface area (Å²) in [6, 6.07) is 91.6. The van der Waals surface area contributed by atoms with E-state index in [9.17, 15) is 0 Å². The lowest BCUT2D eigenvalue weighted by Gasteiger charge is -2.37. The zero-order valence-corrected chi connectivity index (χ0v) is 35.0. The molecule has 0 amide bonds. The van der Waals surface area contributed by atoms with Crippen LogP contribution < -0.4 is 4.90 Å². The number of para-hydroxylation sites is 2. The number of hydrogen-bond acceptors (Lipinski definition) is 2. The van der Waals surface area contributed by atoms with E-state index in [2.05, 4.69) is 241 Å². The van der Waals surface area contributed by atoms with Gasteiger partial charge in [0.25, 0.3) is 0 Å². The second-order valence-electron chi connectivity index (χ2n) is 17.1. The molecule has 0 fully saturated rings. The highest BCUT2D eigenvalue weighted by molar-refractivity contribution is 6.06. The first kappa shape index (κ1) is 36.5. The van der Waals surface area contributed by atoms with Crippen LogP contribution in [0.25, 0.3) is 44.2 Å². The topological polar surface area (TPSA) is 16.4 Å². The fourth-order valence-corrected chi connectivity index (χ4v) is 11.4. The molecule has 0 aliphatic heterocycles. The summed E-state index contributed by atoms with van der Waals surface area (Å²) in [6.45, 7) is 0. The molecule has 0 unspecified atom stereocenters. The number of nitrogens with zero attached hydrogens (tertiary/aromatic N) is 1. The third-order valence-corrected chi connectivity index (χ3v) is 14.0. The fourth-order valence-electron chi connectivity index (χ4n) is 11.4. The van der Waals surface area contributed by atoms with E-state index in [0.717, 1.165) is 39.0 Å². The summed E-state index contributed by atoms with van der Waals surface area (Å²) >= 11 is 0. The van der Waals surface area contributed by atoms with Crippen LogP contribution in [0.15, 0.2) is 253 Å². The van der Waals surface area contributed by atoms with Crippen LogP contribution in [0.4, 0.5) is 17.1 Å². The van der Waals surface area contributed by atoms with Gasteiger partial charge in [-0.1, -0.05) is 200 Å². The van der Waals surface area contributed by atoms with Gasteiger partial charge in [0, 0.05) is 33.9 Å². The monoisotopic (exact) mass is 815 g/mol. The van der Waals surface area contributed by atoms with Gasteiger partial charge in [-0.3, -0.25) is 0 Å². The van der Waals surface area contributed by atoms with Gasteiger partial charge < -0.3 is 9.32 Å². The van der Waals surface area contributed by atoms with Crippen LogP contribution in [0.5, 0.6) is 0 Å². The number of furan rings is 1. The maximum absolute atomic E-state index is 6.49. The van der Waals surface area contributed by atoms with Crippen molar-refractivity contribution in [1.82, 2.24) is 0 Å². The normalized spacial score (nSPS) is 13.9. The van der Waals surface area contributed by atoms with Crippen LogP contribution in [0.3, 0.4) is 0 Å². The molecule has 1 aromatic heterocycles. The first-order valence-electron chi connectivity index (χ1n) is 22.2. The van der Waals surface area contributed by atoms with Gasteiger partial charge in [-0.25, -0.2) is 0 Å². The Labute approximate surface area is 373 Å². The minimum atomic E-state index is -0.653. The summed E-state index contributed by atoms with van der Waals surface area (Å²) in [6.07, 6.45) is 0. The van der Waals surface area contributed by atoms with E-state index in [1.165, 1.54) is 66.8 Å². The molecule has 64 heavy (non-hydrogen) atoms. The fraction of sp³-hybridized carbons (Fsp3) is 0.0323. The van der Waals surface area contributed by atoms with E-state index in [0.29, 0.717) is 0 Å². The molecule has 0 spiro atoms. The van der Waals surface area contributed by atoms with Crippen molar-refractivity contribution in [2.45, 2.75) is 10.8 Å². The molecule has 300 valence electrons. The molecule has 13 rings (SSSR count). The van der Waals surface area contributed by atoms with Gasteiger partial charge in [0.05, 0.1) is 10.8 Å². The maximum Gasteiger partial charge on any atom is 0.137 e. The van der Waals surface area contributed by atoms with Crippen LogP contribution in [0, 0.1) is 0 Å². The third-order valence-electron chi connectivity index (χ3n) is 14.0. The Bertz CT molecular complexity index is 3470. The number of rotatable bonds is 7. The Morgan fingerprint density at radius 2 is 0.703 bits per heavy atom. The highest BCUT2D eigenvalue weighted by atomic mass is 16.3. The summed E-state index contributed by atoms with van der Waals surface area (Å²) in [7, 11) is 0. The Hall–Kier alpha value is -8.20. The number of fused-ring (bicyclic) bond motifs is 9. The third kappa shape index (κ3) is 5.08. The Morgan fingerprint density at radius 3 is 1.33 bits per heavy atom. The molecule has 1 heterocycles. The molecule has 0 saturated heterocycles. The second kappa shape index (κ2) is 14.2. The van der Waals surface area contributed by atoms with E-state index >= 15 is 0 Å². The van der Waals surface area contributed by atoms with Crippen LogP contribution in [0.2, 0.25) is 0 Å². The summed E-state index contributed by atoms with van der Waals surface area (Å²) in [4.78, 5) is 2.37. The highest BCUT2D eigenvalue weighted by Crippen LogP contribution is 2.61. The van der Waals surface area contributed by atoms with E-state index < -0.39 is 10.8 Å². The average Bonchev–Trinajstić information content (AvgIpc) is 3.99. The molecule has 0 saturated carbocycles. The van der Waals surface area contributed by atoms with E-state index in [1.807, 2.05) is 12.1 Å². The van der Waals surface area contributed by atoms with Crippen LogP contribution in [-0.4, -0.2) is 0 Å². The van der Waals surface area contributed by atoms with Crippen molar-refractivity contribution in [2.75, 3.05) is 4.90 Å². The van der Waals surface area contributed by atoms with Crippen molar-refractivity contribution in [3.05, 3.63) is 293 Å². The second-order valence-corrected chi connectivity index (χ2v) is 17.1. The van der Waals surface area contributed by atoms with Gasteiger partial charge >= 0.3 is 0 Å². The molecule has 0 atom stereocenters. The van der Waals surface area contributed by atoms with Crippen molar-refractivity contribution in [2.24, 2.45) is 0 Å².